The van der Waals surface area contributed by atoms with E-state index in [2.05, 4.69) is 4.90 Å². The predicted molar refractivity (Wildman–Crippen MR) is 117 cm³/mol. The summed E-state index contributed by atoms with van der Waals surface area (Å²) in [4.78, 5) is 27.6. The Kier molecular flexibility index (Phi) is 5.65. The van der Waals surface area contributed by atoms with E-state index in [-0.39, 0.29) is 11.7 Å². The van der Waals surface area contributed by atoms with Crippen molar-refractivity contribution in [2.24, 2.45) is 0 Å². The van der Waals surface area contributed by atoms with Crippen molar-refractivity contribution in [1.29, 1.82) is 0 Å². The molecule has 8 heteroatoms. The predicted octanol–water partition coefficient (Wildman–Crippen LogP) is 3.30. The Morgan fingerprint density at radius 2 is 1.90 bits per heavy atom. The highest BCUT2D eigenvalue weighted by Gasteiger charge is 2.29. The summed E-state index contributed by atoms with van der Waals surface area (Å²) in [6.07, 6.45) is 1.24. The van der Waals surface area contributed by atoms with Crippen molar-refractivity contribution in [2.45, 2.75) is 19.4 Å². The molecule has 1 saturated heterocycles. The van der Waals surface area contributed by atoms with Crippen LogP contribution in [0.15, 0.2) is 41.8 Å². The minimum absolute atomic E-state index is 0.0592. The van der Waals surface area contributed by atoms with Gasteiger partial charge in [0.05, 0.1) is 30.3 Å². The Morgan fingerprint density at radius 1 is 1.10 bits per heavy atom. The maximum atomic E-state index is 13.3. The number of aromatic nitrogens is 2. The number of carbonyl (C=O) groups is 1. The third kappa shape index (κ3) is 4.31. The molecule has 1 fully saturated rings. The summed E-state index contributed by atoms with van der Waals surface area (Å²) in [5, 5.41) is 1.93. The molecule has 1 amide bonds. The van der Waals surface area contributed by atoms with Crippen LogP contribution in [-0.2, 0) is 24.1 Å². The van der Waals surface area contributed by atoms with Crippen LogP contribution in [0.4, 0.5) is 10.2 Å². The summed E-state index contributed by atoms with van der Waals surface area (Å²) in [5.74, 6) is 1.43. The lowest BCUT2D eigenvalue weighted by Crippen LogP contribution is -2.41. The molecule has 0 atom stereocenters. The van der Waals surface area contributed by atoms with Crippen molar-refractivity contribution in [2.75, 3.05) is 37.7 Å². The van der Waals surface area contributed by atoms with Gasteiger partial charge in [-0.05, 0) is 29.1 Å². The fourth-order valence-electron chi connectivity index (χ4n) is 4.08. The van der Waals surface area contributed by atoms with E-state index in [1.54, 1.807) is 12.1 Å². The molecule has 3 aromatic rings. The largest absolute Gasteiger partial charge is 0.378 e. The lowest BCUT2D eigenvalue weighted by atomic mass is 10.0. The number of hydrogen-bond donors (Lipinski definition) is 0. The van der Waals surface area contributed by atoms with Gasteiger partial charge in [0.1, 0.15) is 17.5 Å². The van der Waals surface area contributed by atoms with Crippen LogP contribution >= 0.6 is 11.3 Å². The number of benzene rings is 1. The van der Waals surface area contributed by atoms with Gasteiger partial charge >= 0.3 is 0 Å². The van der Waals surface area contributed by atoms with E-state index in [1.165, 1.54) is 23.5 Å². The SMILES string of the molecule is O=C(c1cccs1)N1CCc2nc(Cc3ccc(F)cc3)nc(N3CCOCC3)c2C1. The van der Waals surface area contributed by atoms with E-state index in [1.807, 2.05) is 22.4 Å². The summed E-state index contributed by atoms with van der Waals surface area (Å²) in [5.41, 5.74) is 3.00. The van der Waals surface area contributed by atoms with E-state index in [9.17, 15) is 9.18 Å². The third-order valence-corrected chi connectivity index (χ3v) is 6.55. The second-order valence-corrected chi connectivity index (χ2v) is 8.69. The summed E-state index contributed by atoms with van der Waals surface area (Å²) in [7, 11) is 0. The Balaban J connectivity index is 1.47. The van der Waals surface area contributed by atoms with Crippen LogP contribution in [0.2, 0.25) is 0 Å². The van der Waals surface area contributed by atoms with Gasteiger partial charge in [0.25, 0.3) is 5.91 Å². The van der Waals surface area contributed by atoms with Crippen molar-refractivity contribution in [3.63, 3.8) is 0 Å². The Bertz CT molecular complexity index is 1070. The van der Waals surface area contributed by atoms with Crippen molar-refractivity contribution in [1.82, 2.24) is 14.9 Å². The van der Waals surface area contributed by atoms with E-state index < -0.39 is 0 Å². The molecule has 2 aliphatic heterocycles. The number of nitrogens with zero attached hydrogens (tertiary/aromatic N) is 4. The van der Waals surface area contributed by atoms with Crippen LogP contribution in [-0.4, -0.2) is 53.6 Å². The van der Waals surface area contributed by atoms with Crippen molar-refractivity contribution in [3.05, 3.63) is 75.1 Å². The molecule has 4 heterocycles. The van der Waals surface area contributed by atoms with Crippen LogP contribution in [0.25, 0.3) is 0 Å². The van der Waals surface area contributed by atoms with Crippen LogP contribution in [0, 0.1) is 5.82 Å². The summed E-state index contributed by atoms with van der Waals surface area (Å²) < 4.78 is 18.8. The van der Waals surface area contributed by atoms with Gasteiger partial charge in [0.15, 0.2) is 0 Å². The topological polar surface area (TPSA) is 58.6 Å². The van der Waals surface area contributed by atoms with E-state index in [0.29, 0.717) is 39.1 Å². The molecule has 0 aliphatic carbocycles. The smallest absolute Gasteiger partial charge is 0.264 e. The van der Waals surface area contributed by atoms with E-state index >= 15 is 0 Å². The monoisotopic (exact) mass is 438 g/mol. The number of fused-ring (bicyclic) bond motifs is 1. The number of morpholine rings is 1. The van der Waals surface area contributed by atoms with Crippen LogP contribution in [0.1, 0.15) is 32.3 Å². The molecule has 1 aromatic carbocycles. The first-order valence-electron chi connectivity index (χ1n) is 10.5. The lowest BCUT2D eigenvalue weighted by Gasteiger charge is -2.34. The average molecular weight is 439 g/mol. The minimum Gasteiger partial charge on any atom is -0.378 e. The summed E-state index contributed by atoms with van der Waals surface area (Å²) in [6, 6.07) is 10.2. The molecule has 2 aliphatic rings. The Hall–Kier alpha value is -2.84. The number of halogens is 1. The van der Waals surface area contributed by atoms with Crippen LogP contribution < -0.4 is 4.90 Å². The van der Waals surface area contributed by atoms with Gasteiger partial charge in [-0.15, -0.1) is 11.3 Å². The molecule has 2 aromatic heterocycles. The minimum atomic E-state index is -0.250. The molecule has 5 rings (SSSR count). The zero-order chi connectivity index (χ0) is 21.2. The van der Waals surface area contributed by atoms with Crippen LogP contribution in [0.3, 0.4) is 0 Å². The maximum absolute atomic E-state index is 13.3. The second-order valence-electron chi connectivity index (χ2n) is 7.75. The quantitative estimate of drug-likeness (QED) is 0.626. The van der Waals surface area contributed by atoms with Crippen molar-refractivity contribution in [3.8, 4) is 0 Å². The zero-order valence-electron chi connectivity index (χ0n) is 17.1. The van der Waals surface area contributed by atoms with E-state index in [0.717, 1.165) is 46.4 Å². The first-order chi connectivity index (χ1) is 15.2. The van der Waals surface area contributed by atoms with Gasteiger partial charge in [0.2, 0.25) is 0 Å². The van der Waals surface area contributed by atoms with Gasteiger partial charge in [0, 0.05) is 38.0 Å². The molecular weight excluding hydrogens is 415 g/mol. The number of rotatable bonds is 4. The van der Waals surface area contributed by atoms with Crippen LogP contribution in [0.5, 0.6) is 0 Å². The van der Waals surface area contributed by atoms with Gasteiger partial charge < -0.3 is 14.5 Å². The highest BCUT2D eigenvalue weighted by Crippen LogP contribution is 2.29. The summed E-state index contributed by atoms with van der Waals surface area (Å²) >= 11 is 1.47. The molecule has 0 bridgehead atoms. The molecule has 0 radical (unpaired) electrons. The Labute approximate surface area is 184 Å². The molecule has 31 heavy (non-hydrogen) atoms. The molecular formula is C23H23FN4O2S. The van der Waals surface area contributed by atoms with Gasteiger partial charge in [-0.2, -0.15) is 0 Å². The fraction of sp³-hybridized carbons (Fsp3) is 0.348. The molecule has 0 unspecified atom stereocenters. The Morgan fingerprint density at radius 3 is 2.65 bits per heavy atom. The molecule has 0 N–H and O–H groups in total. The number of amides is 1. The molecule has 6 nitrogen and oxygen atoms in total. The number of carbonyl (C=O) groups excluding carboxylic acids is 1. The first kappa shape index (κ1) is 20.1. The van der Waals surface area contributed by atoms with Gasteiger partial charge in [-0.25, -0.2) is 14.4 Å². The first-order valence-corrected chi connectivity index (χ1v) is 11.3. The van der Waals surface area contributed by atoms with Gasteiger partial charge in [-0.1, -0.05) is 18.2 Å². The highest BCUT2D eigenvalue weighted by molar-refractivity contribution is 7.12. The number of ether oxygens (including phenoxy) is 1. The summed E-state index contributed by atoms with van der Waals surface area (Å²) in [6.45, 7) is 3.99. The third-order valence-electron chi connectivity index (χ3n) is 5.69. The fourth-order valence-corrected chi connectivity index (χ4v) is 4.77. The zero-order valence-corrected chi connectivity index (χ0v) is 17.9. The standard InChI is InChI=1S/C23H23FN4O2S/c24-17-5-3-16(4-6-17)14-21-25-19-7-8-28(23(29)20-2-1-13-31-20)15-18(19)22(26-21)27-9-11-30-12-10-27/h1-6,13H,7-12,14-15H2. The normalized spacial score (nSPS) is 16.3. The van der Waals surface area contributed by atoms with Gasteiger partial charge in [-0.3, -0.25) is 4.79 Å². The molecule has 0 saturated carbocycles. The average Bonchev–Trinajstić information content (AvgIpc) is 3.35. The number of thiophene rings is 1. The van der Waals surface area contributed by atoms with Crippen molar-refractivity contribution >= 4 is 23.1 Å². The molecule has 0 spiro atoms. The maximum Gasteiger partial charge on any atom is 0.264 e. The number of anilines is 1. The van der Waals surface area contributed by atoms with E-state index in [4.69, 9.17) is 14.7 Å². The van der Waals surface area contributed by atoms with Crippen molar-refractivity contribution < 1.29 is 13.9 Å². The number of hydrogen-bond acceptors (Lipinski definition) is 6. The lowest BCUT2D eigenvalue weighted by molar-refractivity contribution is 0.0737. The second kappa shape index (κ2) is 8.72. The molecule has 160 valence electrons. The highest BCUT2D eigenvalue weighted by atomic mass is 32.1.